The number of nitro benzene ring substituents is 1. The van der Waals surface area contributed by atoms with Crippen LogP contribution in [-0.2, 0) is 4.74 Å². The van der Waals surface area contributed by atoms with Crippen LogP contribution in [0.1, 0.15) is 23.2 Å². The lowest BCUT2D eigenvalue weighted by molar-refractivity contribution is -0.383. The predicted octanol–water partition coefficient (Wildman–Crippen LogP) is 1.43. The van der Waals surface area contributed by atoms with Crippen LogP contribution in [0.5, 0.6) is 0 Å². The van der Waals surface area contributed by atoms with Gasteiger partial charge in [-0.05, 0) is 18.9 Å². The molecule has 1 aliphatic rings. The van der Waals surface area contributed by atoms with Gasteiger partial charge in [-0.2, -0.15) is 0 Å². The Morgan fingerprint density at radius 2 is 2.25 bits per heavy atom. The number of methoxy groups -OCH3 is 1. The summed E-state index contributed by atoms with van der Waals surface area (Å²) in [5, 5.41) is 10.9. The van der Waals surface area contributed by atoms with Gasteiger partial charge >= 0.3 is 0 Å². The maximum absolute atomic E-state index is 12.5. The highest BCUT2D eigenvalue weighted by Gasteiger charge is 2.34. The number of carbonyl (C=O) groups is 1. The molecule has 0 atom stereocenters. The molecule has 2 rings (SSSR count). The lowest BCUT2D eigenvalue weighted by atomic mass is 10.1. The minimum absolute atomic E-state index is 0.0782. The Morgan fingerprint density at radius 1 is 1.55 bits per heavy atom. The molecule has 1 aromatic rings. The van der Waals surface area contributed by atoms with Crippen molar-refractivity contribution in [1.82, 2.24) is 4.90 Å². The molecule has 1 saturated carbocycles. The monoisotopic (exact) mass is 279 g/mol. The van der Waals surface area contributed by atoms with Crippen LogP contribution in [0.4, 0.5) is 11.4 Å². The van der Waals surface area contributed by atoms with Gasteiger partial charge in [0.1, 0.15) is 5.69 Å². The summed E-state index contributed by atoms with van der Waals surface area (Å²) in [5.74, 6) is -0.272. The summed E-state index contributed by atoms with van der Waals surface area (Å²) in [7, 11) is 1.57. The van der Waals surface area contributed by atoms with Gasteiger partial charge in [-0.15, -0.1) is 0 Å². The molecule has 2 N–H and O–H groups in total. The fraction of sp³-hybridized carbons (Fsp3) is 0.462. The number of para-hydroxylation sites is 1. The SMILES string of the molecule is COCCN(C(=O)c1cccc([N+](=O)[O-])c1N)C1CC1. The van der Waals surface area contributed by atoms with Gasteiger partial charge in [-0.1, -0.05) is 6.07 Å². The third kappa shape index (κ3) is 2.88. The Kier molecular flexibility index (Phi) is 4.19. The molecule has 1 fully saturated rings. The number of hydrogen-bond donors (Lipinski definition) is 1. The van der Waals surface area contributed by atoms with E-state index in [-0.39, 0.29) is 28.9 Å². The molecule has 0 spiro atoms. The van der Waals surface area contributed by atoms with Crippen molar-refractivity contribution in [3.05, 3.63) is 33.9 Å². The molecule has 0 aromatic heterocycles. The van der Waals surface area contributed by atoms with Gasteiger partial charge in [0.25, 0.3) is 11.6 Å². The van der Waals surface area contributed by atoms with Crippen LogP contribution in [0.2, 0.25) is 0 Å². The minimum Gasteiger partial charge on any atom is -0.393 e. The van der Waals surface area contributed by atoms with Crippen molar-refractivity contribution in [2.45, 2.75) is 18.9 Å². The highest BCUT2D eigenvalue weighted by atomic mass is 16.6. The lowest BCUT2D eigenvalue weighted by Crippen LogP contribution is -2.36. The molecule has 1 aliphatic carbocycles. The number of nitrogens with zero attached hydrogens (tertiary/aromatic N) is 2. The van der Waals surface area contributed by atoms with E-state index in [4.69, 9.17) is 10.5 Å². The van der Waals surface area contributed by atoms with Crippen LogP contribution in [0.25, 0.3) is 0 Å². The first-order valence-corrected chi connectivity index (χ1v) is 6.39. The van der Waals surface area contributed by atoms with E-state index in [1.807, 2.05) is 0 Å². The van der Waals surface area contributed by atoms with E-state index >= 15 is 0 Å². The molecule has 7 nitrogen and oxygen atoms in total. The third-order valence-corrected chi connectivity index (χ3v) is 3.30. The maximum Gasteiger partial charge on any atom is 0.292 e. The smallest absolute Gasteiger partial charge is 0.292 e. The maximum atomic E-state index is 12.5. The Balaban J connectivity index is 2.27. The van der Waals surface area contributed by atoms with E-state index in [1.54, 1.807) is 12.0 Å². The van der Waals surface area contributed by atoms with Crippen LogP contribution < -0.4 is 5.73 Å². The van der Waals surface area contributed by atoms with Crippen molar-refractivity contribution in [3.63, 3.8) is 0 Å². The molecule has 108 valence electrons. The first kappa shape index (κ1) is 14.3. The van der Waals surface area contributed by atoms with Crippen LogP contribution in [-0.4, -0.2) is 42.0 Å². The van der Waals surface area contributed by atoms with Gasteiger partial charge in [-0.25, -0.2) is 0 Å². The van der Waals surface area contributed by atoms with Gasteiger partial charge in [0.15, 0.2) is 0 Å². The molecule has 0 radical (unpaired) electrons. The molecule has 20 heavy (non-hydrogen) atoms. The van der Waals surface area contributed by atoms with Crippen LogP contribution in [0.3, 0.4) is 0 Å². The summed E-state index contributed by atoms with van der Waals surface area (Å²) >= 11 is 0. The standard InChI is InChI=1S/C13H17N3O4/c1-20-8-7-15(9-5-6-9)13(17)10-3-2-4-11(12(10)14)16(18)19/h2-4,9H,5-8,14H2,1H3. The molecule has 0 unspecified atom stereocenters. The predicted molar refractivity (Wildman–Crippen MR) is 73.4 cm³/mol. The zero-order chi connectivity index (χ0) is 14.7. The molecule has 1 aromatic carbocycles. The average molecular weight is 279 g/mol. The Morgan fingerprint density at radius 3 is 2.80 bits per heavy atom. The number of amides is 1. The zero-order valence-corrected chi connectivity index (χ0v) is 11.2. The number of hydrogen-bond acceptors (Lipinski definition) is 5. The van der Waals surface area contributed by atoms with E-state index < -0.39 is 4.92 Å². The number of benzene rings is 1. The number of ether oxygens (including phenoxy) is 1. The van der Waals surface area contributed by atoms with E-state index in [9.17, 15) is 14.9 Å². The van der Waals surface area contributed by atoms with Crippen molar-refractivity contribution in [2.24, 2.45) is 0 Å². The summed E-state index contributed by atoms with van der Waals surface area (Å²) in [6.45, 7) is 0.888. The highest BCUT2D eigenvalue weighted by Crippen LogP contribution is 2.31. The number of carbonyl (C=O) groups excluding carboxylic acids is 1. The number of nitrogen functional groups attached to an aromatic ring is 1. The van der Waals surface area contributed by atoms with Crippen molar-refractivity contribution in [1.29, 1.82) is 0 Å². The van der Waals surface area contributed by atoms with E-state index in [0.717, 1.165) is 12.8 Å². The van der Waals surface area contributed by atoms with Gasteiger partial charge in [-0.3, -0.25) is 14.9 Å². The lowest BCUT2D eigenvalue weighted by Gasteiger charge is -2.22. The van der Waals surface area contributed by atoms with Gasteiger partial charge in [0, 0.05) is 25.8 Å². The fourth-order valence-electron chi connectivity index (χ4n) is 2.08. The molecular weight excluding hydrogens is 262 g/mol. The molecule has 1 amide bonds. The van der Waals surface area contributed by atoms with E-state index in [0.29, 0.717) is 13.2 Å². The quantitative estimate of drug-likeness (QED) is 0.482. The van der Waals surface area contributed by atoms with Gasteiger partial charge in [0.2, 0.25) is 0 Å². The average Bonchev–Trinajstić information content (AvgIpc) is 3.23. The number of anilines is 1. The van der Waals surface area contributed by atoms with Crippen LogP contribution in [0, 0.1) is 10.1 Å². The second-order valence-corrected chi connectivity index (χ2v) is 4.72. The first-order valence-electron chi connectivity index (χ1n) is 6.39. The second kappa shape index (κ2) is 5.87. The van der Waals surface area contributed by atoms with Gasteiger partial charge in [0.05, 0.1) is 17.1 Å². The third-order valence-electron chi connectivity index (χ3n) is 3.30. The molecule has 0 aliphatic heterocycles. The van der Waals surface area contributed by atoms with Crippen LogP contribution in [0.15, 0.2) is 18.2 Å². The molecule has 0 heterocycles. The summed E-state index contributed by atoms with van der Waals surface area (Å²) in [6.07, 6.45) is 1.90. The molecule has 0 bridgehead atoms. The minimum atomic E-state index is -0.581. The summed E-state index contributed by atoms with van der Waals surface area (Å²) in [6, 6.07) is 4.48. The molecule has 7 heteroatoms. The fourth-order valence-corrected chi connectivity index (χ4v) is 2.08. The Labute approximate surface area is 116 Å². The van der Waals surface area contributed by atoms with Crippen molar-refractivity contribution in [2.75, 3.05) is 26.0 Å². The largest absolute Gasteiger partial charge is 0.393 e. The van der Waals surface area contributed by atoms with Crippen molar-refractivity contribution in [3.8, 4) is 0 Å². The molecule has 0 saturated heterocycles. The topological polar surface area (TPSA) is 98.7 Å². The zero-order valence-electron chi connectivity index (χ0n) is 11.2. The molecular formula is C13H17N3O4. The van der Waals surface area contributed by atoms with E-state index in [1.165, 1.54) is 18.2 Å². The normalized spacial score (nSPS) is 14.1. The Bertz CT molecular complexity index is 528. The Hall–Kier alpha value is -2.15. The van der Waals surface area contributed by atoms with Crippen molar-refractivity contribution < 1.29 is 14.5 Å². The van der Waals surface area contributed by atoms with Gasteiger partial charge < -0.3 is 15.4 Å². The van der Waals surface area contributed by atoms with Crippen LogP contribution >= 0.6 is 0 Å². The first-order chi connectivity index (χ1) is 9.56. The summed E-state index contributed by atoms with van der Waals surface area (Å²) in [5.41, 5.74) is 5.62. The summed E-state index contributed by atoms with van der Waals surface area (Å²) < 4.78 is 5.00. The number of rotatable bonds is 6. The summed E-state index contributed by atoms with van der Waals surface area (Å²) in [4.78, 5) is 24.5. The van der Waals surface area contributed by atoms with E-state index in [2.05, 4.69) is 0 Å². The highest BCUT2D eigenvalue weighted by molar-refractivity contribution is 6.01. The second-order valence-electron chi connectivity index (χ2n) is 4.72. The van der Waals surface area contributed by atoms with Crippen molar-refractivity contribution >= 4 is 17.3 Å². The number of nitrogens with two attached hydrogens (primary N) is 1. The number of nitro groups is 1.